The third-order valence-electron chi connectivity index (χ3n) is 5.36. The Morgan fingerprint density at radius 1 is 1.03 bits per heavy atom. The molecule has 30 heavy (non-hydrogen) atoms. The number of nitrogens with one attached hydrogen (secondary N) is 1. The van der Waals surface area contributed by atoms with Gasteiger partial charge in [0, 0.05) is 39.3 Å². The largest absolute Gasteiger partial charge is 0.492 e. The van der Waals surface area contributed by atoms with Crippen molar-refractivity contribution in [1.29, 1.82) is 0 Å². The van der Waals surface area contributed by atoms with Crippen LogP contribution in [-0.4, -0.2) is 68.8 Å². The molecule has 2 aromatic rings. The molecule has 1 saturated heterocycles. The summed E-state index contributed by atoms with van der Waals surface area (Å²) in [5, 5.41) is 3.08. The third kappa shape index (κ3) is 6.39. The Hall–Kier alpha value is -2.73. The number of nitrogens with zero attached hydrogens (tertiary/aromatic N) is 3. The summed E-state index contributed by atoms with van der Waals surface area (Å²) in [4.78, 5) is 19.0. The van der Waals surface area contributed by atoms with Crippen LogP contribution in [0.1, 0.15) is 18.9 Å². The smallest absolute Gasteiger partial charge is 0.317 e. The van der Waals surface area contributed by atoms with Gasteiger partial charge in [-0.25, -0.2) is 4.79 Å². The molecule has 0 aliphatic carbocycles. The fraction of sp³-hybridized carbons (Fsp3) is 0.458. The Kier molecular flexibility index (Phi) is 8.39. The zero-order valence-electron chi connectivity index (χ0n) is 18.2. The van der Waals surface area contributed by atoms with E-state index in [4.69, 9.17) is 4.74 Å². The van der Waals surface area contributed by atoms with Gasteiger partial charge < -0.3 is 24.8 Å². The number of hydrogen-bond donors (Lipinski definition) is 1. The number of carbonyl (C=O) groups is 1. The van der Waals surface area contributed by atoms with Crippen LogP contribution in [0.4, 0.5) is 10.5 Å². The molecule has 1 aliphatic rings. The van der Waals surface area contributed by atoms with Gasteiger partial charge in [0.25, 0.3) is 0 Å². The lowest BCUT2D eigenvalue weighted by Crippen LogP contribution is -2.52. The number of carbonyl (C=O) groups excluding carboxylic acids is 1. The molecule has 0 radical (unpaired) electrons. The summed E-state index contributed by atoms with van der Waals surface area (Å²) in [5.41, 5.74) is 2.42. The second kappa shape index (κ2) is 11.5. The van der Waals surface area contributed by atoms with Crippen molar-refractivity contribution in [2.24, 2.45) is 0 Å². The van der Waals surface area contributed by atoms with Gasteiger partial charge in [-0.2, -0.15) is 0 Å². The van der Waals surface area contributed by atoms with E-state index >= 15 is 0 Å². The van der Waals surface area contributed by atoms with Gasteiger partial charge in [-0.05, 0) is 44.6 Å². The molecule has 1 N–H and O–H groups in total. The van der Waals surface area contributed by atoms with E-state index in [1.54, 1.807) is 0 Å². The van der Waals surface area contributed by atoms with Gasteiger partial charge in [0.2, 0.25) is 0 Å². The molecule has 0 spiro atoms. The van der Waals surface area contributed by atoms with E-state index < -0.39 is 0 Å². The van der Waals surface area contributed by atoms with Crippen LogP contribution in [0.5, 0.6) is 5.75 Å². The van der Waals surface area contributed by atoms with Crippen LogP contribution < -0.4 is 15.0 Å². The number of benzene rings is 2. The zero-order chi connectivity index (χ0) is 21.2. The average molecular weight is 411 g/mol. The number of para-hydroxylation sites is 2. The Bertz CT molecular complexity index is 776. The van der Waals surface area contributed by atoms with Crippen molar-refractivity contribution in [3.8, 4) is 5.75 Å². The van der Waals surface area contributed by atoms with Gasteiger partial charge in [-0.15, -0.1) is 0 Å². The number of rotatable bonds is 9. The second-order valence-electron chi connectivity index (χ2n) is 7.68. The van der Waals surface area contributed by atoms with Crippen LogP contribution in [0, 0.1) is 0 Å². The van der Waals surface area contributed by atoms with Crippen molar-refractivity contribution in [2.75, 3.05) is 57.8 Å². The molecule has 0 bridgehead atoms. The topological polar surface area (TPSA) is 48.1 Å². The van der Waals surface area contributed by atoms with E-state index in [1.165, 1.54) is 5.56 Å². The summed E-state index contributed by atoms with van der Waals surface area (Å²) in [7, 11) is 2.12. The normalized spacial score (nSPS) is 14.1. The predicted octanol–water partition coefficient (Wildman–Crippen LogP) is 3.44. The van der Waals surface area contributed by atoms with Gasteiger partial charge in [0.05, 0.1) is 12.3 Å². The van der Waals surface area contributed by atoms with Crippen LogP contribution in [0.3, 0.4) is 0 Å². The van der Waals surface area contributed by atoms with Gasteiger partial charge in [0.15, 0.2) is 0 Å². The van der Waals surface area contributed by atoms with Gasteiger partial charge >= 0.3 is 6.03 Å². The fourth-order valence-corrected chi connectivity index (χ4v) is 3.78. The first-order valence-corrected chi connectivity index (χ1v) is 10.9. The summed E-state index contributed by atoms with van der Waals surface area (Å²) >= 11 is 0. The van der Waals surface area contributed by atoms with Crippen molar-refractivity contribution in [1.82, 2.24) is 15.1 Å². The van der Waals surface area contributed by atoms with Gasteiger partial charge in [0.1, 0.15) is 5.75 Å². The molecule has 0 saturated carbocycles. The maximum Gasteiger partial charge on any atom is 0.317 e. The van der Waals surface area contributed by atoms with E-state index in [-0.39, 0.29) is 6.03 Å². The third-order valence-corrected chi connectivity index (χ3v) is 5.36. The van der Waals surface area contributed by atoms with Crippen molar-refractivity contribution >= 4 is 11.7 Å². The molecule has 3 rings (SSSR count). The molecule has 0 aromatic heterocycles. The molecule has 0 atom stereocenters. The Labute approximate surface area is 180 Å². The standard InChI is InChI=1S/C24H34N4O2/c1-3-30-23-13-8-7-12-22(23)27-16-18-28(19-17-27)24(29)25-14-9-15-26(2)20-21-10-5-4-6-11-21/h4-8,10-13H,3,9,14-20H2,1-2H3,(H,25,29). The average Bonchev–Trinajstić information content (AvgIpc) is 2.78. The number of urea groups is 1. The molecule has 1 heterocycles. The highest BCUT2D eigenvalue weighted by atomic mass is 16.5. The van der Waals surface area contributed by atoms with Crippen LogP contribution in [0.25, 0.3) is 0 Å². The molecule has 1 fully saturated rings. The lowest BCUT2D eigenvalue weighted by atomic mass is 10.2. The van der Waals surface area contributed by atoms with Crippen LogP contribution in [0.2, 0.25) is 0 Å². The summed E-state index contributed by atoms with van der Waals surface area (Å²) in [6.07, 6.45) is 0.941. The van der Waals surface area contributed by atoms with Crippen LogP contribution >= 0.6 is 0 Å². The molecule has 162 valence electrons. The molecular formula is C24H34N4O2. The van der Waals surface area contributed by atoms with E-state index in [9.17, 15) is 4.79 Å². The fourth-order valence-electron chi connectivity index (χ4n) is 3.78. The highest BCUT2D eigenvalue weighted by Gasteiger charge is 2.22. The highest BCUT2D eigenvalue weighted by Crippen LogP contribution is 2.28. The molecule has 6 nitrogen and oxygen atoms in total. The lowest BCUT2D eigenvalue weighted by Gasteiger charge is -2.36. The predicted molar refractivity (Wildman–Crippen MR) is 122 cm³/mol. The van der Waals surface area contributed by atoms with E-state index in [0.717, 1.165) is 57.1 Å². The highest BCUT2D eigenvalue weighted by molar-refractivity contribution is 5.74. The molecule has 2 aromatic carbocycles. The first kappa shape index (κ1) is 22.0. The monoisotopic (exact) mass is 410 g/mol. The summed E-state index contributed by atoms with van der Waals surface area (Å²) in [5.74, 6) is 0.914. The van der Waals surface area contributed by atoms with E-state index in [2.05, 4.69) is 52.5 Å². The maximum absolute atomic E-state index is 12.5. The first-order valence-electron chi connectivity index (χ1n) is 10.9. The van der Waals surface area contributed by atoms with Crippen LogP contribution in [-0.2, 0) is 6.54 Å². The summed E-state index contributed by atoms with van der Waals surface area (Å²) < 4.78 is 5.75. The van der Waals surface area contributed by atoms with Crippen molar-refractivity contribution in [3.63, 3.8) is 0 Å². The van der Waals surface area contributed by atoms with Gasteiger partial charge in [-0.3, -0.25) is 0 Å². The van der Waals surface area contributed by atoms with Crippen LogP contribution in [0.15, 0.2) is 54.6 Å². The number of ether oxygens (including phenoxy) is 1. The summed E-state index contributed by atoms with van der Waals surface area (Å²) in [6.45, 7) is 8.32. The minimum atomic E-state index is 0.0402. The van der Waals surface area contributed by atoms with Crippen molar-refractivity contribution in [2.45, 2.75) is 19.9 Å². The van der Waals surface area contributed by atoms with E-state index in [1.807, 2.05) is 36.1 Å². The van der Waals surface area contributed by atoms with Gasteiger partial charge in [-0.1, -0.05) is 42.5 Å². The zero-order valence-corrected chi connectivity index (χ0v) is 18.2. The molecule has 1 aliphatic heterocycles. The Balaban J connectivity index is 1.35. The number of piperazine rings is 1. The Morgan fingerprint density at radius 2 is 1.73 bits per heavy atom. The van der Waals surface area contributed by atoms with Crippen molar-refractivity contribution < 1.29 is 9.53 Å². The maximum atomic E-state index is 12.5. The summed E-state index contributed by atoms with van der Waals surface area (Å²) in [6, 6.07) is 18.6. The number of anilines is 1. The van der Waals surface area contributed by atoms with E-state index in [0.29, 0.717) is 13.2 Å². The molecular weight excluding hydrogens is 376 g/mol. The molecule has 0 unspecified atom stereocenters. The minimum absolute atomic E-state index is 0.0402. The first-order chi connectivity index (χ1) is 14.7. The second-order valence-corrected chi connectivity index (χ2v) is 7.68. The van der Waals surface area contributed by atoms with Crippen molar-refractivity contribution in [3.05, 3.63) is 60.2 Å². The quantitative estimate of drug-likeness (QED) is 0.644. The minimum Gasteiger partial charge on any atom is -0.492 e. The number of hydrogen-bond acceptors (Lipinski definition) is 4. The lowest BCUT2D eigenvalue weighted by molar-refractivity contribution is 0.193. The SMILES string of the molecule is CCOc1ccccc1N1CCN(C(=O)NCCCN(C)Cc2ccccc2)CC1. The number of amides is 2. The Morgan fingerprint density at radius 3 is 2.47 bits per heavy atom. The molecule has 2 amide bonds. The molecule has 6 heteroatoms.